The molecule has 1 aromatic carbocycles. The lowest BCUT2D eigenvalue weighted by Crippen LogP contribution is -2.38. The van der Waals surface area contributed by atoms with E-state index in [1.807, 2.05) is 36.4 Å². The van der Waals surface area contributed by atoms with Crippen molar-refractivity contribution in [3.8, 4) is 0 Å². The van der Waals surface area contributed by atoms with Crippen LogP contribution in [0.4, 0.5) is 0 Å². The van der Waals surface area contributed by atoms with Crippen molar-refractivity contribution < 1.29 is 4.79 Å². The Kier molecular flexibility index (Phi) is 4.02. The summed E-state index contributed by atoms with van der Waals surface area (Å²) in [6.07, 6.45) is 2.87. The van der Waals surface area contributed by atoms with Crippen LogP contribution in [0.2, 0.25) is 0 Å². The third-order valence-electron chi connectivity index (χ3n) is 5.82. The van der Waals surface area contributed by atoms with E-state index in [2.05, 4.69) is 43.1 Å². The SMILES string of the molecule is Cc1ncn(CC(=O)N(C)C[C@]2(c3ccccc3)CC2(C)C)c1C. The highest BCUT2D eigenvalue weighted by Crippen LogP contribution is 2.64. The topological polar surface area (TPSA) is 38.1 Å². The molecule has 4 nitrogen and oxygen atoms in total. The summed E-state index contributed by atoms with van der Waals surface area (Å²) in [7, 11) is 1.92. The van der Waals surface area contributed by atoms with Gasteiger partial charge in [-0.25, -0.2) is 4.98 Å². The molecule has 3 rings (SSSR count). The molecule has 2 aromatic rings. The summed E-state index contributed by atoms with van der Waals surface area (Å²) in [6.45, 7) is 9.68. The molecule has 0 saturated heterocycles. The maximum atomic E-state index is 12.7. The molecule has 1 aromatic heterocycles. The minimum atomic E-state index is 0.0680. The van der Waals surface area contributed by atoms with Crippen LogP contribution in [-0.2, 0) is 16.8 Å². The Balaban J connectivity index is 1.74. The van der Waals surface area contributed by atoms with Crippen molar-refractivity contribution >= 4 is 5.91 Å². The number of aromatic nitrogens is 2. The lowest BCUT2D eigenvalue weighted by atomic mass is 9.87. The van der Waals surface area contributed by atoms with Crippen molar-refractivity contribution in [2.24, 2.45) is 5.41 Å². The third kappa shape index (κ3) is 2.74. The summed E-state index contributed by atoms with van der Waals surface area (Å²) < 4.78 is 1.93. The second-order valence-corrected chi connectivity index (χ2v) is 7.80. The maximum Gasteiger partial charge on any atom is 0.242 e. The van der Waals surface area contributed by atoms with Crippen LogP contribution in [-0.4, -0.2) is 34.0 Å². The molecule has 1 heterocycles. The van der Waals surface area contributed by atoms with E-state index in [0.29, 0.717) is 6.54 Å². The first-order valence-corrected chi connectivity index (χ1v) is 8.55. The second kappa shape index (κ2) is 5.76. The highest BCUT2D eigenvalue weighted by atomic mass is 16.2. The first kappa shape index (κ1) is 16.7. The van der Waals surface area contributed by atoms with Gasteiger partial charge in [0.2, 0.25) is 5.91 Å². The third-order valence-corrected chi connectivity index (χ3v) is 5.82. The normalized spacial score (nSPS) is 21.5. The van der Waals surface area contributed by atoms with Crippen molar-refractivity contribution in [3.05, 3.63) is 53.6 Å². The lowest BCUT2D eigenvalue weighted by Gasteiger charge is -2.28. The van der Waals surface area contributed by atoms with Gasteiger partial charge in [0, 0.05) is 24.7 Å². The van der Waals surface area contributed by atoms with Crippen LogP contribution in [0.5, 0.6) is 0 Å². The number of benzene rings is 1. The van der Waals surface area contributed by atoms with Gasteiger partial charge < -0.3 is 9.47 Å². The molecule has 1 aliphatic rings. The number of carbonyl (C=O) groups excluding carboxylic acids is 1. The van der Waals surface area contributed by atoms with Crippen LogP contribution in [0.1, 0.15) is 37.2 Å². The zero-order valence-corrected chi connectivity index (χ0v) is 15.3. The van der Waals surface area contributed by atoms with Crippen LogP contribution in [0, 0.1) is 19.3 Å². The second-order valence-electron chi connectivity index (χ2n) is 7.80. The molecule has 1 fully saturated rings. The number of hydrogen-bond donors (Lipinski definition) is 0. The number of imidazole rings is 1. The highest BCUT2D eigenvalue weighted by molar-refractivity contribution is 5.76. The first-order valence-electron chi connectivity index (χ1n) is 8.55. The standard InChI is InChI=1S/C20H27N3O/c1-15-16(2)23(14-21-15)11-18(24)22(5)13-20(12-19(20,3)4)17-9-7-6-8-10-17/h6-10,14H,11-13H2,1-5H3/t20-/m0/s1. The molecule has 4 heteroatoms. The molecule has 1 aliphatic carbocycles. The Morgan fingerprint density at radius 3 is 2.38 bits per heavy atom. The van der Waals surface area contributed by atoms with Gasteiger partial charge in [-0.3, -0.25) is 4.79 Å². The van der Waals surface area contributed by atoms with Crippen LogP contribution >= 0.6 is 0 Å². The minimum absolute atomic E-state index is 0.0680. The Morgan fingerprint density at radius 1 is 1.25 bits per heavy atom. The molecule has 0 unspecified atom stereocenters. The molecule has 0 N–H and O–H groups in total. The molecule has 0 aliphatic heterocycles. The van der Waals surface area contributed by atoms with E-state index >= 15 is 0 Å². The molecule has 24 heavy (non-hydrogen) atoms. The van der Waals surface area contributed by atoms with Gasteiger partial charge in [-0.15, -0.1) is 0 Å². The number of nitrogens with zero attached hydrogens (tertiary/aromatic N) is 3. The highest BCUT2D eigenvalue weighted by Gasteiger charge is 2.62. The van der Waals surface area contributed by atoms with Crippen molar-refractivity contribution in [3.63, 3.8) is 0 Å². The molecule has 0 bridgehead atoms. The van der Waals surface area contributed by atoms with E-state index in [1.165, 1.54) is 5.56 Å². The van der Waals surface area contributed by atoms with Crippen molar-refractivity contribution in [2.75, 3.05) is 13.6 Å². The average molecular weight is 325 g/mol. The number of rotatable bonds is 5. The van der Waals surface area contributed by atoms with E-state index in [1.54, 1.807) is 6.33 Å². The van der Waals surface area contributed by atoms with Crippen molar-refractivity contribution in [1.29, 1.82) is 0 Å². The molecule has 1 atom stereocenters. The van der Waals surface area contributed by atoms with E-state index in [0.717, 1.165) is 24.4 Å². The monoisotopic (exact) mass is 325 g/mol. The smallest absolute Gasteiger partial charge is 0.242 e. The predicted molar refractivity (Wildman–Crippen MR) is 95.9 cm³/mol. The largest absolute Gasteiger partial charge is 0.343 e. The fourth-order valence-electron chi connectivity index (χ4n) is 3.78. The fourth-order valence-corrected chi connectivity index (χ4v) is 3.78. The van der Waals surface area contributed by atoms with Gasteiger partial charge in [-0.1, -0.05) is 44.2 Å². The van der Waals surface area contributed by atoms with E-state index in [4.69, 9.17) is 0 Å². The number of hydrogen-bond acceptors (Lipinski definition) is 2. The maximum absolute atomic E-state index is 12.7. The van der Waals surface area contributed by atoms with Gasteiger partial charge in [0.15, 0.2) is 0 Å². The molecule has 1 saturated carbocycles. The molecule has 128 valence electrons. The minimum Gasteiger partial charge on any atom is -0.343 e. The van der Waals surface area contributed by atoms with Crippen LogP contribution in [0.25, 0.3) is 0 Å². The number of likely N-dealkylation sites (N-methyl/N-ethyl adjacent to an activating group) is 1. The average Bonchev–Trinajstić information content (AvgIpc) is 2.98. The van der Waals surface area contributed by atoms with Crippen LogP contribution in [0.3, 0.4) is 0 Å². The summed E-state index contributed by atoms with van der Waals surface area (Å²) >= 11 is 0. The summed E-state index contributed by atoms with van der Waals surface area (Å²) in [4.78, 5) is 18.9. The Bertz CT molecular complexity index is 747. The fraction of sp³-hybridized carbons (Fsp3) is 0.500. The predicted octanol–water partition coefficient (Wildman–Crippen LogP) is 3.33. The summed E-state index contributed by atoms with van der Waals surface area (Å²) in [5.41, 5.74) is 3.67. The van der Waals surface area contributed by atoms with E-state index < -0.39 is 0 Å². The Morgan fingerprint density at radius 2 is 1.88 bits per heavy atom. The Hall–Kier alpha value is -2.10. The van der Waals surface area contributed by atoms with Gasteiger partial charge in [-0.2, -0.15) is 0 Å². The zero-order chi connectivity index (χ0) is 17.5. The summed E-state index contributed by atoms with van der Waals surface area (Å²) in [6, 6.07) is 10.6. The van der Waals surface area contributed by atoms with Gasteiger partial charge >= 0.3 is 0 Å². The summed E-state index contributed by atoms with van der Waals surface area (Å²) in [5.74, 6) is 0.133. The van der Waals surface area contributed by atoms with Crippen molar-refractivity contribution in [2.45, 2.75) is 46.1 Å². The zero-order valence-electron chi connectivity index (χ0n) is 15.3. The number of carbonyl (C=O) groups is 1. The number of aryl methyl sites for hydroxylation is 1. The summed E-state index contributed by atoms with van der Waals surface area (Å²) in [5, 5.41) is 0. The van der Waals surface area contributed by atoms with Gasteiger partial charge in [-0.05, 0) is 31.2 Å². The van der Waals surface area contributed by atoms with Crippen molar-refractivity contribution in [1.82, 2.24) is 14.5 Å². The van der Waals surface area contributed by atoms with Crippen LogP contribution in [0.15, 0.2) is 36.7 Å². The van der Waals surface area contributed by atoms with E-state index in [-0.39, 0.29) is 16.7 Å². The quantitative estimate of drug-likeness (QED) is 0.846. The lowest BCUT2D eigenvalue weighted by molar-refractivity contribution is -0.131. The van der Waals surface area contributed by atoms with E-state index in [9.17, 15) is 4.79 Å². The van der Waals surface area contributed by atoms with Crippen LogP contribution < -0.4 is 0 Å². The molecule has 0 radical (unpaired) electrons. The molecular formula is C20H27N3O. The Labute approximate surface area is 144 Å². The van der Waals surface area contributed by atoms with Gasteiger partial charge in [0.05, 0.1) is 12.0 Å². The molecule has 0 spiro atoms. The molecular weight excluding hydrogens is 298 g/mol. The first-order chi connectivity index (χ1) is 11.3. The van der Waals surface area contributed by atoms with Gasteiger partial charge in [0.1, 0.15) is 6.54 Å². The molecule has 1 amide bonds. The number of amides is 1. The van der Waals surface area contributed by atoms with Gasteiger partial charge in [0.25, 0.3) is 0 Å².